The Morgan fingerprint density at radius 3 is 2.84 bits per heavy atom. The molecular formula is C14H15N3O2. The van der Waals surface area contributed by atoms with E-state index in [4.69, 9.17) is 10.5 Å². The number of aromatic amines is 1. The summed E-state index contributed by atoms with van der Waals surface area (Å²) >= 11 is 0. The fraction of sp³-hybridized carbons (Fsp3) is 0.286. The fourth-order valence-corrected chi connectivity index (χ4v) is 1.89. The number of nitrogens with one attached hydrogen (secondary N) is 1. The van der Waals surface area contributed by atoms with Crippen LogP contribution in [0.1, 0.15) is 30.1 Å². The third-order valence-corrected chi connectivity index (χ3v) is 3.16. The Labute approximate surface area is 110 Å². The van der Waals surface area contributed by atoms with Gasteiger partial charge in [0.25, 0.3) is 5.56 Å². The maximum absolute atomic E-state index is 11.6. The second-order valence-electron chi connectivity index (χ2n) is 4.86. The summed E-state index contributed by atoms with van der Waals surface area (Å²) in [4.78, 5) is 18.6. The van der Waals surface area contributed by atoms with Gasteiger partial charge in [-0.15, -0.1) is 0 Å². The van der Waals surface area contributed by atoms with E-state index in [1.165, 1.54) is 6.07 Å². The molecular weight excluding hydrogens is 242 g/mol. The molecule has 0 amide bonds. The highest BCUT2D eigenvalue weighted by Crippen LogP contribution is 2.38. The maximum Gasteiger partial charge on any atom is 0.254 e. The number of nitrogen functional groups attached to an aromatic ring is 1. The van der Waals surface area contributed by atoms with Gasteiger partial charge >= 0.3 is 0 Å². The molecule has 0 spiro atoms. The first-order chi connectivity index (χ1) is 9.11. The van der Waals surface area contributed by atoms with Crippen LogP contribution in [0.2, 0.25) is 0 Å². The first-order valence-corrected chi connectivity index (χ1v) is 6.27. The van der Waals surface area contributed by atoms with Gasteiger partial charge in [0.15, 0.2) is 0 Å². The molecule has 3 rings (SSSR count). The Hall–Kier alpha value is -2.30. The lowest BCUT2D eigenvalue weighted by Gasteiger charge is -2.07. The largest absolute Gasteiger partial charge is 0.439 e. The Bertz CT molecular complexity index is 675. The SMILES string of the molecule is Cc1cc(Oc2cc(=O)[nH]c(C3CC3)n2)ccc1N. The molecule has 1 aromatic carbocycles. The van der Waals surface area contributed by atoms with Gasteiger partial charge in [0.2, 0.25) is 5.88 Å². The van der Waals surface area contributed by atoms with Crippen LogP contribution in [0.3, 0.4) is 0 Å². The normalized spacial score (nSPS) is 14.4. The molecule has 1 aliphatic rings. The van der Waals surface area contributed by atoms with Crippen molar-refractivity contribution in [3.63, 3.8) is 0 Å². The number of anilines is 1. The second kappa shape index (κ2) is 4.42. The van der Waals surface area contributed by atoms with Crippen LogP contribution in [0.4, 0.5) is 5.69 Å². The number of aryl methyl sites for hydroxylation is 1. The second-order valence-corrected chi connectivity index (χ2v) is 4.86. The van der Waals surface area contributed by atoms with E-state index in [0.29, 0.717) is 23.2 Å². The minimum atomic E-state index is -0.181. The van der Waals surface area contributed by atoms with Crippen LogP contribution in [-0.2, 0) is 0 Å². The van der Waals surface area contributed by atoms with Gasteiger partial charge < -0.3 is 15.5 Å². The molecule has 0 unspecified atom stereocenters. The van der Waals surface area contributed by atoms with E-state index in [1.54, 1.807) is 12.1 Å². The smallest absolute Gasteiger partial charge is 0.254 e. The van der Waals surface area contributed by atoms with Crippen molar-refractivity contribution in [2.24, 2.45) is 0 Å². The first kappa shape index (κ1) is 11.8. The summed E-state index contributed by atoms with van der Waals surface area (Å²) in [5.41, 5.74) is 7.22. The van der Waals surface area contributed by atoms with E-state index in [1.807, 2.05) is 13.0 Å². The molecule has 1 saturated carbocycles. The maximum atomic E-state index is 11.6. The van der Waals surface area contributed by atoms with Crippen LogP contribution < -0.4 is 16.0 Å². The highest BCUT2D eigenvalue weighted by atomic mass is 16.5. The van der Waals surface area contributed by atoms with Crippen molar-refractivity contribution in [1.82, 2.24) is 9.97 Å². The number of aromatic nitrogens is 2. The zero-order chi connectivity index (χ0) is 13.4. The van der Waals surface area contributed by atoms with E-state index in [0.717, 1.165) is 24.2 Å². The van der Waals surface area contributed by atoms with E-state index < -0.39 is 0 Å². The van der Waals surface area contributed by atoms with Gasteiger partial charge in [0.05, 0.1) is 6.07 Å². The molecule has 1 aromatic heterocycles. The molecule has 5 nitrogen and oxygen atoms in total. The first-order valence-electron chi connectivity index (χ1n) is 6.27. The lowest BCUT2D eigenvalue weighted by Crippen LogP contribution is -2.10. The quantitative estimate of drug-likeness (QED) is 0.827. The fourth-order valence-electron chi connectivity index (χ4n) is 1.89. The van der Waals surface area contributed by atoms with Gasteiger partial charge in [-0.1, -0.05) is 0 Å². The Balaban J connectivity index is 1.89. The number of H-pyrrole nitrogens is 1. The van der Waals surface area contributed by atoms with Gasteiger partial charge in [0, 0.05) is 11.6 Å². The van der Waals surface area contributed by atoms with E-state index in [9.17, 15) is 4.79 Å². The molecule has 1 aliphatic carbocycles. The van der Waals surface area contributed by atoms with Crippen molar-refractivity contribution in [3.8, 4) is 11.6 Å². The van der Waals surface area contributed by atoms with Gasteiger partial charge in [-0.05, 0) is 43.5 Å². The topological polar surface area (TPSA) is 81.0 Å². The number of hydrogen-bond donors (Lipinski definition) is 2. The summed E-state index contributed by atoms with van der Waals surface area (Å²) < 4.78 is 5.63. The molecule has 0 aliphatic heterocycles. The lowest BCUT2D eigenvalue weighted by atomic mass is 10.2. The number of hydrogen-bond acceptors (Lipinski definition) is 4. The minimum absolute atomic E-state index is 0.181. The van der Waals surface area contributed by atoms with Crippen LogP contribution in [-0.4, -0.2) is 9.97 Å². The zero-order valence-electron chi connectivity index (χ0n) is 10.6. The minimum Gasteiger partial charge on any atom is -0.439 e. The predicted molar refractivity (Wildman–Crippen MR) is 72.5 cm³/mol. The molecule has 0 atom stereocenters. The molecule has 0 bridgehead atoms. The summed E-state index contributed by atoms with van der Waals surface area (Å²) in [6.45, 7) is 1.91. The predicted octanol–water partition coefficient (Wildman–Crippen LogP) is 2.33. The molecule has 3 N–H and O–H groups in total. The van der Waals surface area contributed by atoms with E-state index in [-0.39, 0.29) is 5.56 Å². The Morgan fingerprint density at radius 2 is 2.16 bits per heavy atom. The molecule has 5 heteroatoms. The van der Waals surface area contributed by atoms with Crippen molar-refractivity contribution in [2.45, 2.75) is 25.7 Å². The Morgan fingerprint density at radius 1 is 1.37 bits per heavy atom. The molecule has 0 radical (unpaired) electrons. The van der Waals surface area contributed by atoms with Gasteiger partial charge in [-0.25, -0.2) is 0 Å². The molecule has 19 heavy (non-hydrogen) atoms. The van der Waals surface area contributed by atoms with Crippen molar-refractivity contribution < 1.29 is 4.74 Å². The third-order valence-electron chi connectivity index (χ3n) is 3.16. The number of nitrogens with two attached hydrogens (primary N) is 1. The highest BCUT2D eigenvalue weighted by molar-refractivity contribution is 5.50. The zero-order valence-corrected chi connectivity index (χ0v) is 10.6. The number of ether oxygens (including phenoxy) is 1. The lowest BCUT2D eigenvalue weighted by molar-refractivity contribution is 0.457. The molecule has 1 heterocycles. The Kier molecular flexibility index (Phi) is 2.74. The summed E-state index contributed by atoms with van der Waals surface area (Å²) in [6, 6.07) is 6.73. The highest BCUT2D eigenvalue weighted by Gasteiger charge is 2.26. The average molecular weight is 257 g/mol. The molecule has 2 aromatic rings. The van der Waals surface area contributed by atoms with Crippen molar-refractivity contribution in [3.05, 3.63) is 46.0 Å². The van der Waals surface area contributed by atoms with Crippen LogP contribution in [0, 0.1) is 6.92 Å². The third kappa shape index (κ3) is 2.59. The molecule has 0 saturated heterocycles. The van der Waals surface area contributed by atoms with Gasteiger partial charge in [0.1, 0.15) is 11.6 Å². The van der Waals surface area contributed by atoms with Crippen LogP contribution in [0.5, 0.6) is 11.6 Å². The van der Waals surface area contributed by atoms with Crippen LogP contribution in [0.25, 0.3) is 0 Å². The number of nitrogens with zero attached hydrogens (tertiary/aromatic N) is 1. The monoisotopic (exact) mass is 257 g/mol. The van der Waals surface area contributed by atoms with Crippen LogP contribution in [0.15, 0.2) is 29.1 Å². The average Bonchev–Trinajstić information content (AvgIpc) is 3.17. The van der Waals surface area contributed by atoms with Gasteiger partial charge in [-0.2, -0.15) is 4.98 Å². The van der Waals surface area contributed by atoms with Crippen molar-refractivity contribution >= 4 is 5.69 Å². The summed E-state index contributed by atoms with van der Waals surface area (Å²) in [7, 11) is 0. The molecule has 98 valence electrons. The van der Waals surface area contributed by atoms with E-state index >= 15 is 0 Å². The van der Waals surface area contributed by atoms with Crippen molar-refractivity contribution in [2.75, 3.05) is 5.73 Å². The number of rotatable bonds is 3. The van der Waals surface area contributed by atoms with E-state index in [2.05, 4.69) is 9.97 Å². The summed E-state index contributed by atoms with van der Waals surface area (Å²) in [6.07, 6.45) is 2.15. The van der Waals surface area contributed by atoms with Crippen molar-refractivity contribution in [1.29, 1.82) is 0 Å². The van der Waals surface area contributed by atoms with Crippen LogP contribution >= 0.6 is 0 Å². The standard InChI is InChI=1S/C14H15N3O2/c1-8-6-10(4-5-11(8)15)19-13-7-12(18)16-14(17-13)9-2-3-9/h4-7,9H,2-3,15H2,1H3,(H,16,17,18). The van der Waals surface area contributed by atoms with Gasteiger partial charge in [-0.3, -0.25) is 4.79 Å². The molecule has 1 fully saturated rings. The summed E-state index contributed by atoms with van der Waals surface area (Å²) in [5.74, 6) is 2.06. The number of benzene rings is 1. The summed E-state index contributed by atoms with van der Waals surface area (Å²) in [5, 5.41) is 0.